The second-order valence-corrected chi connectivity index (χ2v) is 5.14. The number of cyclic esters (lactones) is 1. The molecule has 1 amide bonds. The molecule has 1 fully saturated rings. The van der Waals surface area contributed by atoms with E-state index in [-0.39, 0.29) is 12.2 Å². The molecule has 1 aromatic carbocycles. The first-order valence-corrected chi connectivity index (χ1v) is 6.54. The standard InChI is InChI=1S/C13H13FN2O4S/c1-7(21)15-5-9-6-16(13(19)20-9)8-2-3-10(12(17)18)11(14)4-8/h2-4,9H,5-6H2,1H3,(H,15,21)(H,17,18)/t9-/m0/s1. The lowest BCUT2D eigenvalue weighted by molar-refractivity contribution is 0.0692. The fourth-order valence-electron chi connectivity index (χ4n) is 1.94. The van der Waals surface area contributed by atoms with Crippen LogP contribution in [0.4, 0.5) is 14.9 Å². The van der Waals surface area contributed by atoms with Crippen LogP contribution in [0.3, 0.4) is 0 Å². The van der Waals surface area contributed by atoms with Crippen LogP contribution in [0.5, 0.6) is 0 Å². The molecule has 6 nitrogen and oxygen atoms in total. The van der Waals surface area contributed by atoms with Gasteiger partial charge in [-0.05, 0) is 25.1 Å². The molecule has 1 aromatic rings. The molecular formula is C13H13FN2O4S. The third-order valence-electron chi connectivity index (χ3n) is 2.95. The summed E-state index contributed by atoms with van der Waals surface area (Å²) in [5.41, 5.74) is -0.190. The molecule has 1 aliphatic rings. The summed E-state index contributed by atoms with van der Waals surface area (Å²) >= 11 is 4.87. The maximum Gasteiger partial charge on any atom is 0.414 e. The summed E-state index contributed by atoms with van der Waals surface area (Å²) in [7, 11) is 0. The van der Waals surface area contributed by atoms with Gasteiger partial charge in [-0.25, -0.2) is 14.0 Å². The predicted molar refractivity (Wildman–Crippen MR) is 77.2 cm³/mol. The van der Waals surface area contributed by atoms with Crippen molar-refractivity contribution in [1.29, 1.82) is 0 Å². The third-order valence-corrected chi connectivity index (χ3v) is 3.09. The van der Waals surface area contributed by atoms with Crippen LogP contribution in [0.15, 0.2) is 18.2 Å². The maximum absolute atomic E-state index is 13.6. The second-order valence-electron chi connectivity index (χ2n) is 4.52. The Bertz CT molecular complexity index is 608. The maximum atomic E-state index is 13.6. The van der Waals surface area contributed by atoms with E-state index in [2.05, 4.69) is 5.32 Å². The molecule has 2 N–H and O–H groups in total. The highest BCUT2D eigenvalue weighted by Crippen LogP contribution is 2.23. The number of nitrogens with one attached hydrogen (secondary N) is 1. The van der Waals surface area contributed by atoms with Crippen molar-refractivity contribution in [3.05, 3.63) is 29.6 Å². The van der Waals surface area contributed by atoms with E-state index in [1.165, 1.54) is 11.0 Å². The normalized spacial score (nSPS) is 17.5. The number of benzene rings is 1. The highest BCUT2D eigenvalue weighted by Gasteiger charge is 2.32. The highest BCUT2D eigenvalue weighted by molar-refractivity contribution is 7.80. The Hall–Kier alpha value is -2.22. The van der Waals surface area contributed by atoms with E-state index >= 15 is 0 Å². The largest absolute Gasteiger partial charge is 0.478 e. The summed E-state index contributed by atoms with van der Waals surface area (Å²) < 4.78 is 18.8. The summed E-state index contributed by atoms with van der Waals surface area (Å²) in [5.74, 6) is -2.26. The van der Waals surface area contributed by atoms with Gasteiger partial charge in [0.15, 0.2) is 0 Å². The molecule has 112 valence electrons. The molecule has 1 heterocycles. The lowest BCUT2D eigenvalue weighted by Gasteiger charge is -2.13. The number of aromatic carboxylic acids is 1. The van der Waals surface area contributed by atoms with Gasteiger partial charge in [-0.2, -0.15) is 0 Å². The lowest BCUT2D eigenvalue weighted by atomic mass is 10.2. The Morgan fingerprint density at radius 1 is 1.62 bits per heavy atom. The van der Waals surface area contributed by atoms with Gasteiger partial charge >= 0.3 is 12.1 Å². The molecule has 8 heteroatoms. The summed E-state index contributed by atoms with van der Waals surface area (Å²) in [6.07, 6.45) is -1.01. The van der Waals surface area contributed by atoms with Gasteiger partial charge in [-0.1, -0.05) is 12.2 Å². The van der Waals surface area contributed by atoms with Gasteiger partial charge in [0.05, 0.1) is 29.3 Å². The fourth-order valence-corrected chi connectivity index (χ4v) is 2.02. The molecule has 1 saturated heterocycles. The number of carboxylic acid groups (broad SMARTS) is 1. The quantitative estimate of drug-likeness (QED) is 0.825. The van der Waals surface area contributed by atoms with E-state index in [0.29, 0.717) is 11.5 Å². The van der Waals surface area contributed by atoms with Crippen LogP contribution in [0.1, 0.15) is 17.3 Å². The zero-order chi connectivity index (χ0) is 15.6. The lowest BCUT2D eigenvalue weighted by Crippen LogP contribution is -2.32. The molecule has 0 bridgehead atoms. The van der Waals surface area contributed by atoms with Crippen molar-refractivity contribution in [2.45, 2.75) is 13.0 Å². The van der Waals surface area contributed by atoms with Crippen LogP contribution in [0, 0.1) is 5.82 Å². The number of thiocarbonyl (C=S) groups is 1. The number of carboxylic acids is 1. The first-order chi connectivity index (χ1) is 9.88. The molecule has 0 spiro atoms. The summed E-state index contributed by atoms with van der Waals surface area (Å²) in [5, 5.41) is 11.7. The number of amides is 1. The first-order valence-electron chi connectivity index (χ1n) is 6.14. The van der Waals surface area contributed by atoms with Crippen molar-refractivity contribution < 1.29 is 23.8 Å². The summed E-state index contributed by atoms with van der Waals surface area (Å²) in [6, 6.07) is 3.49. The van der Waals surface area contributed by atoms with Crippen molar-refractivity contribution in [1.82, 2.24) is 5.32 Å². The monoisotopic (exact) mass is 312 g/mol. The fraction of sp³-hybridized carbons (Fsp3) is 0.308. The van der Waals surface area contributed by atoms with Crippen molar-refractivity contribution in [3.63, 3.8) is 0 Å². The average molecular weight is 312 g/mol. The van der Waals surface area contributed by atoms with E-state index in [1.807, 2.05) is 0 Å². The number of nitrogens with zero attached hydrogens (tertiary/aromatic N) is 1. The van der Waals surface area contributed by atoms with Crippen molar-refractivity contribution in [3.8, 4) is 0 Å². The van der Waals surface area contributed by atoms with Crippen molar-refractivity contribution in [2.75, 3.05) is 18.0 Å². The van der Waals surface area contributed by atoms with Crippen LogP contribution in [0.25, 0.3) is 0 Å². The van der Waals surface area contributed by atoms with Gasteiger partial charge < -0.3 is 15.2 Å². The van der Waals surface area contributed by atoms with Crippen molar-refractivity contribution in [2.24, 2.45) is 0 Å². The topological polar surface area (TPSA) is 78.9 Å². The smallest absolute Gasteiger partial charge is 0.414 e. The molecule has 0 radical (unpaired) electrons. The summed E-state index contributed by atoms with van der Waals surface area (Å²) in [4.78, 5) is 24.4. The number of carbonyl (C=O) groups is 2. The zero-order valence-corrected chi connectivity index (χ0v) is 11.9. The Kier molecular flexibility index (Phi) is 4.37. The SMILES string of the molecule is CC(=S)NC[C@H]1CN(c2ccc(C(=O)O)c(F)c2)C(=O)O1. The Labute approximate surface area is 125 Å². The van der Waals surface area contributed by atoms with Crippen LogP contribution in [-0.2, 0) is 4.74 Å². The minimum atomic E-state index is -1.36. The number of hydrogen-bond acceptors (Lipinski definition) is 4. The number of rotatable bonds is 4. The van der Waals surface area contributed by atoms with E-state index in [0.717, 1.165) is 12.1 Å². The van der Waals surface area contributed by atoms with E-state index in [9.17, 15) is 14.0 Å². The highest BCUT2D eigenvalue weighted by atomic mass is 32.1. The predicted octanol–water partition coefficient (Wildman–Crippen LogP) is 1.79. The van der Waals surface area contributed by atoms with Crippen LogP contribution >= 0.6 is 12.2 Å². The molecule has 0 saturated carbocycles. The number of carbonyl (C=O) groups excluding carboxylic acids is 1. The minimum Gasteiger partial charge on any atom is -0.478 e. The molecule has 1 aliphatic heterocycles. The van der Waals surface area contributed by atoms with Crippen LogP contribution < -0.4 is 10.2 Å². The van der Waals surface area contributed by atoms with E-state index in [1.54, 1.807) is 6.92 Å². The van der Waals surface area contributed by atoms with Gasteiger partial charge in [0.1, 0.15) is 11.9 Å². The third kappa shape index (κ3) is 3.46. The Morgan fingerprint density at radius 3 is 2.90 bits per heavy atom. The van der Waals surface area contributed by atoms with Gasteiger partial charge in [-0.15, -0.1) is 0 Å². The average Bonchev–Trinajstić information content (AvgIpc) is 2.77. The van der Waals surface area contributed by atoms with Gasteiger partial charge in [0, 0.05) is 0 Å². The molecule has 0 unspecified atom stereocenters. The molecular weight excluding hydrogens is 299 g/mol. The zero-order valence-electron chi connectivity index (χ0n) is 11.1. The van der Waals surface area contributed by atoms with Gasteiger partial charge in [0.2, 0.25) is 0 Å². The van der Waals surface area contributed by atoms with Crippen LogP contribution in [-0.4, -0.2) is 41.4 Å². The van der Waals surface area contributed by atoms with E-state index in [4.69, 9.17) is 22.1 Å². The molecule has 0 aromatic heterocycles. The molecule has 0 aliphatic carbocycles. The molecule has 2 rings (SSSR count). The summed E-state index contributed by atoms with van der Waals surface area (Å²) in [6.45, 7) is 2.32. The van der Waals surface area contributed by atoms with Crippen molar-refractivity contribution >= 4 is 35.0 Å². The second kappa shape index (κ2) is 6.04. The van der Waals surface area contributed by atoms with E-state index < -0.39 is 29.5 Å². The number of hydrogen-bond donors (Lipinski definition) is 2. The Morgan fingerprint density at radius 2 is 2.33 bits per heavy atom. The van der Waals surface area contributed by atoms with Gasteiger partial charge in [0.25, 0.3) is 0 Å². The van der Waals surface area contributed by atoms with Gasteiger partial charge in [-0.3, -0.25) is 4.90 Å². The first kappa shape index (κ1) is 15.2. The Balaban J connectivity index is 2.12. The number of anilines is 1. The number of ether oxygens (including phenoxy) is 1. The molecule has 21 heavy (non-hydrogen) atoms. The van der Waals surface area contributed by atoms with Crippen LogP contribution in [0.2, 0.25) is 0 Å². The minimum absolute atomic E-state index is 0.236. The molecule has 1 atom stereocenters. The number of halogens is 1.